The zero-order valence-corrected chi connectivity index (χ0v) is 11.4. The van der Waals surface area contributed by atoms with Gasteiger partial charge in [-0.15, -0.1) is 0 Å². The molecular formula is C13H17N5O2. The molecule has 7 nitrogen and oxygen atoms in total. The fraction of sp³-hybridized carbons (Fsp3) is 0.231. The quantitative estimate of drug-likeness (QED) is 0.329. The summed E-state index contributed by atoms with van der Waals surface area (Å²) in [6.45, 7) is 0.576. The first-order valence-electron chi connectivity index (χ1n) is 6.02. The van der Waals surface area contributed by atoms with Crippen LogP contribution in [0.5, 0.6) is 5.75 Å². The molecule has 0 atom stereocenters. The van der Waals surface area contributed by atoms with Gasteiger partial charge < -0.3 is 21.0 Å². The van der Waals surface area contributed by atoms with Gasteiger partial charge in [0.15, 0.2) is 5.84 Å². The molecule has 1 aromatic carbocycles. The molecule has 0 radical (unpaired) electrons. The monoisotopic (exact) mass is 275 g/mol. The van der Waals surface area contributed by atoms with Crippen LogP contribution in [0.2, 0.25) is 0 Å². The van der Waals surface area contributed by atoms with E-state index in [0.717, 1.165) is 11.4 Å². The van der Waals surface area contributed by atoms with E-state index in [1.165, 1.54) is 7.11 Å². The number of rotatable bonds is 5. The summed E-state index contributed by atoms with van der Waals surface area (Å²) < 4.78 is 6.90. The molecule has 7 heteroatoms. The van der Waals surface area contributed by atoms with Gasteiger partial charge in [0, 0.05) is 25.9 Å². The van der Waals surface area contributed by atoms with Crippen molar-refractivity contribution in [3.63, 3.8) is 0 Å². The molecule has 0 aliphatic heterocycles. The Morgan fingerprint density at radius 2 is 2.30 bits per heavy atom. The van der Waals surface area contributed by atoms with E-state index in [1.54, 1.807) is 10.7 Å². The second kappa shape index (κ2) is 5.96. The Labute approximate surface area is 116 Å². The van der Waals surface area contributed by atoms with Crippen LogP contribution in [0.1, 0.15) is 11.1 Å². The number of oxime groups is 1. The normalized spacial score (nSPS) is 11.4. The molecule has 20 heavy (non-hydrogen) atoms. The van der Waals surface area contributed by atoms with Gasteiger partial charge in [0.25, 0.3) is 0 Å². The summed E-state index contributed by atoms with van der Waals surface area (Å²) in [7, 11) is 3.39. The second-order valence-electron chi connectivity index (χ2n) is 4.25. The van der Waals surface area contributed by atoms with Crippen LogP contribution in [0, 0.1) is 0 Å². The number of aromatic nitrogens is 2. The Kier molecular flexibility index (Phi) is 4.09. The zero-order chi connectivity index (χ0) is 14.5. The number of nitrogens with zero attached hydrogens (tertiary/aromatic N) is 3. The van der Waals surface area contributed by atoms with Crippen LogP contribution in [0.4, 0.5) is 5.82 Å². The maximum atomic E-state index is 8.79. The topological polar surface area (TPSA) is 97.7 Å². The van der Waals surface area contributed by atoms with Gasteiger partial charge in [-0.05, 0) is 17.7 Å². The molecule has 0 unspecified atom stereocenters. The molecule has 0 aliphatic carbocycles. The van der Waals surface area contributed by atoms with E-state index >= 15 is 0 Å². The minimum absolute atomic E-state index is 0.0153. The lowest BCUT2D eigenvalue weighted by Crippen LogP contribution is -2.15. The first-order chi connectivity index (χ1) is 9.63. The molecular weight excluding hydrogens is 258 g/mol. The number of aryl methyl sites for hydroxylation is 1. The molecule has 1 aromatic heterocycles. The SMILES string of the molecule is COc1ccc(CNc2ccn(C)n2)cc1C(N)=NO. The van der Waals surface area contributed by atoms with Gasteiger partial charge >= 0.3 is 0 Å². The third kappa shape index (κ3) is 3.00. The van der Waals surface area contributed by atoms with Gasteiger partial charge in [-0.2, -0.15) is 5.10 Å². The molecule has 2 rings (SSSR count). The van der Waals surface area contributed by atoms with Crippen LogP contribution in [-0.2, 0) is 13.6 Å². The number of benzene rings is 1. The largest absolute Gasteiger partial charge is 0.496 e. The molecule has 0 saturated heterocycles. The number of amidine groups is 1. The summed E-state index contributed by atoms with van der Waals surface area (Å²) in [5.41, 5.74) is 7.16. The summed E-state index contributed by atoms with van der Waals surface area (Å²) >= 11 is 0. The third-order valence-electron chi connectivity index (χ3n) is 2.83. The Balaban J connectivity index is 2.16. The van der Waals surface area contributed by atoms with Crippen LogP contribution in [0.25, 0.3) is 0 Å². The number of hydrogen-bond acceptors (Lipinski definition) is 5. The zero-order valence-electron chi connectivity index (χ0n) is 11.4. The number of methoxy groups -OCH3 is 1. The van der Waals surface area contributed by atoms with E-state index in [-0.39, 0.29) is 5.84 Å². The molecule has 1 heterocycles. The molecule has 0 amide bonds. The van der Waals surface area contributed by atoms with Crippen molar-refractivity contribution in [1.82, 2.24) is 9.78 Å². The van der Waals surface area contributed by atoms with Crippen LogP contribution < -0.4 is 15.8 Å². The van der Waals surface area contributed by atoms with Crippen LogP contribution in [-0.4, -0.2) is 27.9 Å². The van der Waals surface area contributed by atoms with E-state index in [9.17, 15) is 0 Å². The molecule has 0 spiro atoms. The number of nitrogens with one attached hydrogen (secondary N) is 1. The Hall–Kier alpha value is -2.70. The predicted octanol–water partition coefficient (Wildman–Crippen LogP) is 1.14. The number of nitrogens with two attached hydrogens (primary N) is 1. The fourth-order valence-corrected chi connectivity index (χ4v) is 1.82. The van der Waals surface area contributed by atoms with E-state index in [4.69, 9.17) is 15.7 Å². The lowest BCUT2D eigenvalue weighted by Gasteiger charge is -2.10. The summed E-state index contributed by atoms with van der Waals surface area (Å²) in [6.07, 6.45) is 1.86. The summed E-state index contributed by atoms with van der Waals surface area (Å²) in [5, 5.41) is 19.2. The highest BCUT2D eigenvalue weighted by molar-refractivity contribution is 5.99. The van der Waals surface area contributed by atoms with Crippen LogP contribution in [0.3, 0.4) is 0 Å². The maximum Gasteiger partial charge on any atom is 0.173 e. The minimum Gasteiger partial charge on any atom is -0.496 e. The molecule has 0 aliphatic rings. The molecule has 2 aromatic rings. The standard InChI is InChI=1S/C13H17N5O2/c1-18-6-5-12(16-18)15-8-9-3-4-11(20-2)10(7-9)13(14)17-19/h3-7,19H,8H2,1-2H3,(H2,14,17)(H,15,16). The molecule has 106 valence electrons. The molecule has 0 bridgehead atoms. The van der Waals surface area contributed by atoms with E-state index in [2.05, 4.69) is 15.6 Å². The lowest BCUT2D eigenvalue weighted by molar-refractivity contribution is 0.318. The maximum absolute atomic E-state index is 8.79. The molecule has 4 N–H and O–H groups in total. The average molecular weight is 275 g/mol. The van der Waals surface area contributed by atoms with Crippen LogP contribution in [0.15, 0.2) is 35.6 Å². The highest BCUT2D eigenvalue weighted by Gasteiger charge is 2.09. The Morgan fingerprint density at radius 1 is 1.50 bits per heavy atom. The van der Waals surface area contributed by atoms with Crippen molar-refractivity contribution in [2.75, 3.05) is 12.4 Å². The third-order valence-corrected chi connectivity index (χ3v) is 2.83. The van der Waals surface area contributed by atoms with E-state index < -0.39 is 0 Å². The van der Waals surface area contributed by atoms with Crippen molar-refractivity contribution in [1.29, 1.82) is 0 Å². The van der Waals surface area contributed by atoms with Crippen molar-refractivity contribution >= 4 is 11.7 Å². The van der Waals surface area contributed by atoms with Crippen molar-refractivity contribution in [3.05, 3.63) is 41.6 Å². The smallest absolute Gasteiger partial charge is 0.173 e. The van der Waals surface area contributed by atoms with E-state index in [0.29, 0.717) is 17.9 Å². The van der Waals surface area contributed by atoms with E-state index in [1.807, 2.05) is 31.4 Å². The predicted molar refractivity (Wildman–Crippen MR) is 76.0 cm³/mol. The van der Waals surface area contributed by atoms with Gasteiger partial charge in [-0.1, -0.05) is 11.2 Å². The van der Waals surface area contributed by atoms with Crippen LogP contribution >= 0.6 is 0 Å². The highest BCUT2D eigenvalue weighted by Crippen LogP contribution is 2.20. The molecule has 0 fully saturated rings. The number of hydrogen-bond donors (Lipinski definition) is 3. The molecule has 0 saturated carbocycles. The summed E-state index contributed by atoms with van der Waals surface area (Å²) in [5.74, 6) is 1.36. The first-order valence-corrected chi connectivity index (χ1v) is 6.02. The van der Waals surface area contributed by atoms with Gasteiger partial charge in [0.05, 0.1) is 12.7 Å². The number of ether oxygens (including phenoxy) is 1. The summed E-state index contributed by atoms with van der Waals surface area (Å²) in [4.78, 5) is 0. The summed E-state index contributed by atoms with van der Waals surface area (Å²) in [6, 6.07) is 7.38. The Bertz CT molecular complexity index is 621. The number of anilines is 1. The van der Waals surface area contributed by atoms with Gasteiger partial charge in [-0.3, -0.25) is 4.68 Å². The second-order valence-corrected chi connectivity index (χ2v) is 4.25. The highest BCUT2D eigenvalue weighted by atomic mass is 16.5. The first kappa shape index (κ1) is 13.7. The fourth-order valence-electron chi connectivity index (χ4n) is 1.82. The van der Waals surface area contributed by atoms with Crippen molar-refractivity contribution < 1.29 is 9.94 Å². The van der Waals surface area contributed by atoms with Gasteiger partial charge in [0.1, 0.15) is 11.6 Å². The van der Waals surface area contributed by atoms with Gasteiger partial charge in [0.2, 0.25) is 0 Å². The average Bonchev–Trinajstić information content (AvgIpc) is 2.89. The van der Waals surface area contributed by atoms with Gasteiger partial charge in [-0.25, -0.2) is 0 Å². The lowest BCUT2D eigenvalue weighted by atomic mass is 10.1. The van der Waals surface area contributed by atoms with Crippen molar-refractivity contribution in [2.24, 2.45) is 17.9 Å². The Morgan fingerprint density at radius 3 is 2.90 bits per heavy atom. The minimum atomic E-state index is 0.0153. The van der Waals surface area contributed by atoms with Crippen molar-refractivity contribution in [2.45, 2.75) is 6.54 Å². The van der Waals surface area contributed by atoms with Crippen molar-refractivity contribution in [3.8, 4) is 5.75 Å².